The Kier molecular flexibility index (Phi) is 9.51. The van der Waals surface area contributed by atoms with Crippen molar-refractivity contribution >= 4 is 46.5 Å². The third-order valence-electron chi connectivity index (χ3n) is 8.39. The van der Waals surface area contributed by atoms with Gasteiger partial charge >= 0.3 is 263 Å². The van der Waals surface area contributed by atoms with E-state index in [4.69, 9.17) is 0 Å². The molecule has 4 aromatic carbocycles. The Morgan fingerprint density at radius 2 is 0.780 bits per heavy atom. The predicted octanol–water partition coefficient (Wildman–Crippen LogP) is 3.81. The fourth-order valence-electron chi connectivity index (χ4n) is 6.70. The standard InChI is InChI=1S/C34H38N4Se3/c1-35-23-37(3)33(31(35)25-15-7-5-8-16-25)27-19-11-13-21-29(27)39-41-40-30-22-14-12-20-28(30)34-32(36(2)24-38(34)4)26-17-9-6-10-18-26/h5-22,31-34H,23-24H2,1-4H3/t31-,32-,33-,34-/m0/s1. The molecule has 0 radical (unpaired) electrons. The summed E-state index contributed by atoms with van der Waals surface area (Å²) < 4.78 is 3.18. The van der Waals surface area contributed by atoms with Gasteiger partial charge in [-0.2, -0.15) is 0 Å². The van der Waals surface area contributed by atoms with Crippen LogP contribution in [0.2, 0.25) is 0 Å². The summed E-state index contributed by atoms with van der Waals surface area (Å²) in [5, 5.41) is 0. The molecule has 2 aliphatic heterocycles. The summed E-state index contributed by atoms with van der Waals surface area (Å²) in [4.78, 5) is 10.1. The maximum absolute atomic E-state index is 2.54. The number of likely N-dealkylation sites (N-methyl/N-ethyl adjacent to an activating group) is 4. The summed E-state index contributed by atoms with van der Waals surface area (Å²) >= 11 is 1.55. The second-order valence-corrected chi connectivity index (χ2v) is 26.9. The van der Waals surface area contributed by atoms with E-state index in [1.807, 2.05) is 0 Å². The Labute approximate surface area is 261 Å². The predicted molar refractivity (Wildman–Crippen MR) is 174 cm³/mol. The van der Waals surface area contributed by atoms with Crippen LogP contribution in [0.15, 0.2) is 109 Å². The van der Waals surface area contributed by atoms with Gasteiger partial charge in [0, 0.05) is 0 Å². The number of hydrogen-bond acceptors (Lipinski definition) is 4. The summed E-state index contributed by atoms with van der Waals surface area (Å²) in [6.07, 6.45) is 0. The molecular weight excluding hydrogens is 701 g/mol. The fraction of sp³-hybridized carbons (Fsp3) is 0.294. The van der Waals surface area contributed by atoms with Gasteiger partial charge in [0.15, 0.2) is 0 Å². The average molecular weight is 740 g/mol. The van der Waals surface area contributed by atoms with Gasteiger partial charge in [0.2, 0.25) is 0 Å². The molecule has 0 spiro atoms. The number of benzene rings is 4. The van der Waals surface area contributed by atoms with E-state index in [2.05, 4.69) is 157 Å². The van der Waals surface area contributed by atoms with E-state index in [9.17, 15) is 0 Å². The van der Waals surface area contributed by atoms with E-state index in [1.165, 1.54) is 22.3 Å². The van der Waals surface area contributed by atoms with Crippen LogP contribution >= 0.6 is 0 Å². The zero-order valence-electron chi connectivity index (χ0n) is 24.1. The normalized spacial score (nSPS) is 24.3. The van der Waals surface area contributed by atoms with Gasteiger partial charge in [-0.1, -0.05) is 0 Å². The molecule has 2 heterocycles. The molecule has 0 bridgehead atoms. The Morgan fingerprint density at radius 1 is 0.439 bits per heavy atom. The molecule has 0 unspecified atom stereocenters. The summed E-state index contributed by atoms with van der Waals surface area (Å²) in [5.74, 6) is 0. The van der Waals surface area contributed by atoms with Gasteiger partial charge in [0.05, 0.1) is 0 Å². The SMILES string of the molecule is CN1CN(C)[C@@H](c2ccccc2[Se][Se][Se]c2ccccc2[C@H]2[C@H](c3ccccc3)N(C)CN2C)[C@@H]1c1ccccc1. The zero-order valence-corrected chi connectivity index (χ0v) is 29.3. The Morgan fingerprint density at radius 3 is 1.20 bits per heavy atom. The van der Waals surface area contributed by atoms with Crippen LogP contribution in [0.25, 0.3) is 0 Å². The molecule has 212 valence electrons. The van der Waals surface area contributed by atoms with Gasteiger partial charge in [-0.05, 0) is 0 Å². The van der Waals surface area contributed by atoms with Crippen LogP contribution in [0.5, 0.6) is 0 Å². The second kappa shape index (κ2) is 13.3. The first kappa shape index (κ1) is 29.4. The van der Waals surface area contributed by atoms with Crippen molar-refractivity contribution in [2.45, 2.75) is 24.2 Å². The van der Waals surface area contributed by atoms with Gasteiger partial charge in [0.25, 0.3) is 0 Å². The number of nitrogens with zero attached hydrogens (tertiary/aromatic N) is 4. The molecule has 0 saturated carbocycles. The van der Waals surface area contributed by atoms with Gasteiger partial charge in [-0.3, -0.25) is 0 Å². The van der Waals surface area contributed by atoms with E-state index >= 15 is 0 Å². The Balaban J connectivity index is 1.23. The van der Waals surface area contributed by atoms with Crippen molar-refractivity contribution in [3.63, 3.8) is 0 Å². The molecule has 6 rings (SSSR count). The second-order valence-electron chi connectivity index (χ2n) is 11.2. The van der Waals surface area contributed by atoms with Crippen molar-refractivity contribution in [1.82, 2.24) is 19.6 Å². The van der Waals surface area contributed by atoms with Crippen molar-refractivity contribution in [3.8, 4) is 0 Å². The molecule has 7 heteroatoms. The minimum absolute atomic E-state index is 0.377. The molecule has 0 aliphatic carbocycles. The van der Waals surface area contributed by atoms with Crippen molar-refractivity contribution in [3.05, 3.63) is 131 Å². The molecule has 0 N–H and O–H groups in total. The summed E-state index contributed by atoms with van der Waals surface area (Å²) in [6, 6.07) is 42.3. The van der Waals surface area contributed by atoms with Crippen molar-refractivity contribution in [2.75, 3.05) is 41.5 Å². The van der Waals surface area contributed by atoms with Crippen molar-refractivity contribution < 1.29 is 0 Å². The van der Waals surface area contributed by atoms with Crippen LogP contribution in [0, 0.1) is 0 Å². The fourth-order valence-corrected chi connectivity index (χ4v) is 24.3. The molecule has 0 amide bonds. The molecule has 4 nitrogen and oxygen atoms in total. The molecule has 4 aromatic rings. The molecule has 4 atom stereocenters. The van der Waals surface area contributed by atoms with E-state index in [0.717, 1.165) is 13.3 Å². The van der Waals surface area contributed by atoms with Gasteiger partial charge in [-0.15, -0.1) is 0 Å². The molecular formula is C34H38N4Se3. The van der Waals surface area contributed by atoms with Gasteiger partial charge < -0.3 is 0 Å². The summed E-state index contributed by atoms with van der Waals surface area (Å²) in [5.41, 5.74) is 5.88. The summed E-state index contributed by atoms with van der Waals surface area (Å²) in [7, 11) is 9.12. The van der Waals surface area contributed by atoms with E-state index in [-0.39, 0.29) is 0 Å². The number of hydrogen-bond donors (Lipinski definition) is 0. The summed E-state index contributed by atoms with van der Waals surface area (Å²) in [6.45, 7) is 1.97. The zero-order chi connectivity index (χ0) is 28.3. The molecule has 2 aliphatic rings. The van der Waals surface area contributed by atoms with E-state index in [0.29, 0.717) is 61.7 Å². The third kappa shape index (κ3) is 6.18. The van der Waals surface area contributed by atoms with E-state index < -0.39 is 0 Å². The van der Waals surface area contributed by atoms with Crippen LogP contribution in [-0.2, 0) is 0 Å². The van der Waals surface area contributed by atoms with Crippen molar-refractivity contribution in [2.24, 2.45) is 0 Å². The average Bonchev–Trinajstić information content (AvgIpc) is 3.47. The topological polar surface area (TPSA) is 13.0 Å². The molecule has 2 saturated heterocycles. The molecule has 0 aromatic heterocycles. The van der Waals surface area contributed by atoms with Crippen LogP contribution < -0.4 is 8.92 Å². The Hall–Kier alpha value is -1.72. The quantitative estimate of drug-likeness (QED) is 0.255. The van der Waals surface area contributed by atoms with Gasteiger partial charge in [-0.25, -0.2) is 0 Å². The third-order valence-corrected chi connectivity index (χ3v) is 24.1. The first-order chi connectivity index (χ1) is 20.0. The monoisotopic (exact) mass is 742 g/mol. The van der Waals surface area contributed by atoms with Crippen LogP contribution in [0.3, 0.4) is 0 Å². The van der Waals surface area contributed by atoms with Crippen molar-refractivity contribution in [1.29, 1.82) is 0 Å². The van der Waals surface area contributed by atoms with Gasteiger partial charge in [0.1, 0.15) is 0 Å². The van der Waals surface area contributed by atoms with Crippen LogP contribution in [0.1, 0.15) is 46.4 Å². The van der Waals surface area contributed by atoms with E-state index in [1.54, 1.807) is 8.92 Å². The first-order valence-electron chi connectivity index (χ1n) is 14.1. The minimum atomic E-state index is 0.377. The maximum atomic E-state index is 2.54. The van der Waals surface area contributed by atoms with Crippen LogP contribution in [-0.4, -0.2) is 98.7 Å². The molecule has 2 fully saturated rings. The first-order valence-corrected chi connectivity index (χ1v) is 24.5. The number of rotatable bonds is 8. The van der Waals surface area contributed by atoms with Crippen LogP contribution in [0.4, 0.5) is 0 Å². The Bertz CT molecular complexity index is 1330. The molecule has 41 heavy (non-hydrogen) atoms.